The Kier molecular flexibility index (Phi) is 10.3. The van der Waals surface area contributed by atoms with Crippen LogP contribution in [0.3, 0.4) is 0 Å². The summed E-state index contributed by atoms with van der Waals surface area (Å²) in [4.78, 5) is 26.7. The minimum Gasteiger partial charge on any atom is -0.507 e. The van der Waals surface area contributed by atoms with Crippen molar-refractivity contribution in [1.82, 2.24) is 23.8 Å². The lowest BCUT2D eigenvalue weighted by Gasteiger charge is -2.40. The van der Waals surface area contributed by atoms with Gasteiger partial charge in [0.1, 0.15) is 28.7 Å². The number of rotatable bonds is 9. The second-order valence-electron chi connectivity index (χ2n) is 12.8. The highest BCUT2D eigenvalue weighted by molar-refractivity contribution is 7.89. The highest BCUT2D eigenvalue weighted by Crippen LogP contribution is 2.39. The molecule has 3 aromatic heterocycles. The van der Waals surface area contributed by atoms with Crippen LogP contribution in [0.4, 0.5) is 36.6 Å². The fraction of sp³-hybridized carbons (Fsp3) is 0.314. The number of phenolic OH excluding ortho intramolecular Hbond substituents is 1. The number of ether oxygens (including phenoxy) is 1. The molecular formula is C35H31F7N6O5S. The Labute approximate surface area is 303 Å². The van der Waals surface area contributed by atoms with Crippen molar-refractivity contribution in [2.75, 3.05) is 31.4 Å². The van der Waals surface area contributed by atoms with E-state index in [9.17, 15) is 40.3 Å². The Morgan fingerprint density at radius 1 is 0.981 bits per heavy atom. The molecule has 5 aromatic rings. The van der Waals surface area contributed by atoms with E-state index < -0.39 is 104 Å². The van der Waals surface area contributed by atoms with Gasteiger partial charge >= 0.3 is 5.69 Å². The van der Waals surface area contributed by atoms with Crippen LogP contribution in [0.25, 0.3) is 22.3 Å². The molecule has 286 valence electrons. The van der Waals surface area contributed by atoms with Crippen molar-refractivity contribution in [3.05, 3.63) is 98.7 Å². The van der Waals surface area contributed by atoms with Crippen LogP contribution >= 0.6 is 0 Å². The number of aromatic nitrogens is 4. The fourth-order valence-electron chi connectivity index (χ4n) is 6.50. The average molecular weight is 781 g/mol. The standard InChI is InChI=1S/C35H31F7N6O5S/c1-16(2)29-20(17(3)8-9-43-29)14-48-33-19(12-22(38)30(44-33)24-21(37)6-5-7-23(24)49)34(45-35(48)50)47-11-10-46(13-18(47)4)54(51,52)32-28(42)26(40)25(39)27(41)31(32)53-15-36/h5-9,12,16,18,49H,10-11,13-15H2,1-4H3/t18-/m0/s1. The van der Waals surface area contributed by atoms with Crippen molar-refractivity contribution in [1.29, 1.82) is 0 Å². The van der Waals surface area contributed by atoms with Crippen LogP contribution in [0.15, 0.2) is 46.2 Å². The Hall–Kier alpha value is -5.30. The van der Waals surface area contributed by atoms with Gasteiger partial charge in [-0.1, -0.05) is 19.9 Å². The number of nitrogens with zero attached hydrogens (tertiary/aromatic N) is 6. The Morgan fingerprint density at radius 2 is 1.69 bits per heavy atom. The number of hydrogen-bond donors (Lipinski definition) is 1. The lowest BCUT2D eigenvalue weighted by molar-refractivity contribution is 0.173. The van der Waals surface area contributed by atoms with Crippen LogP contribution in [0.2, 0.25) is 0 Å². The fourth-order valence-corrected chi connectivity index (χ4v) is 8.19. The van der Waals surface area contributed by atoms with E-state index in [-0.39, 0.29) is 35.9 Å². The first-order chi connectivity index (χ1) is 25.5. The molecule has 1 aliphatic heterocycles. The third-order valence-electron chi connectivity index (χ3n) is 9.14. The number of hydrogen-bond acceptors (Lipinski definition) is 9. The summed E-state index contributed by atoms with van der Waals surface area (Å²) in [5.41, 5.74) is -0.224. The smallest absolute Gasteiger partial charge is 0.351 e. The van der Waals surface area contributed by atoms with E-state index in [2.05, 4.69) is 19.7 Å². The molecule has 1 saturated heterocycles. The van der Waals surface area contributed by atoms with Crippen LogP contribution in [0, 0.1) is 41.8 Å². The quantitative estimate of drug-likeness (QED) is 0.108. The molecule has 0 unspecified atom stereocenters. The predicted octanol–water partition coefficient (Wildman–Crippen LogP) is 6.08. The SMILES string of the molecule is Cc1ccnc(C(C)C)c1Cn1c(=O)nc(N2CCN(S(=O)(=O)c3c(F)c(F)c(F)c(F)c3OCF)C[C@@H]2C)c2cc(F)c(-c3c(O)cccc3F)nc21. The number of benzene rings is 2. The van der Waals surface area contributed by atoms with E-state index >= 15 is 8.78 Å². The summed E-state index contributed by atoms with van der Waals surface area (Å²) in [6.07, 6.45) is 1.61. The molecule has 11 nitrogen and oxygen atoms in total. The number of phenols is 1. The van der Waals surface area contributed by atoms with E-state index in [0.717, 1.165) is 28.3 Å². The maximum Gasteiger partial charge on any atom is 0.351 e. The van der Waals surface area contributed by atoms with Gasteiger partial charge in [-0.05, 0) is 55.2 Å². The summed E-state index contributed by atoms with van der Waals surface area (Å²) >= 11 is 0. The number of sulfonamides is 1. The van der Waals surface area contributed by atoms with Gasteiger partial charge in [-0.2, -0.15) is 13.7 Å². The summed E-state index contributed by atoms with van der Waals surface area (Å²) in [5.74, 6) is -14.1. The minimum absolute atomic E-state index is 0.0742. The Morgan fingerprint density at radius 3 is 2.33 bits per heavy atom. The summed E-state index contributed by atoms with van der Waals surface area (Å²) in [5, 5.41) is 10.4. The number of halogens is 7. The van der Waals surface area contributed by atoms with Crippen molar-refractivity contribution in [3.63, 3.8) is 0 Å². The maximum absolute atomic E-state index is 16.0. The first-order valence-corrected chi connectivity index (χ1v) is 17.8. The van der Waals surface area contributed by atoms with Crippen molar-refractivity contribution >= 4 is 26.9 Å². The minimum atomic E-state index is -5.23. The molecule has 6 rings (SSSR count). The van der Waals surface area contributed by atoms with Gasteiger partial charge in [0.15, 0.2) is 28.1 Å². The van der Waals surface area contributed by atoms with Crippen LogP contribution in [-0.2, 0) is 16.6 Å². The molecule has 1 aliphatic rings. The zero-order chi connectivity index (χ0) is 39.4. The van der Waals surface area contributed by atoms with E-state index in [1.54, 1.807) is 19.2 Å². The molecule has 1 fully saturated rings. The van der Waals surface area contributed by atoms with Crippen molar-refractivity contribution < 1.29 is 49.0 Å². The summed E-state index contributed by atoms with van der Waals surface area (Å²) in [6.45, 7) is 3.53. The van der Waals surface area contributed by atoms with Crippen molar-refractivity contribution in [3.8, 4) is 22.8 Å². The molecule has 2 aromatic carbocycles. The monoisotopic (exact) mass is 780 g/mol. The molecule has 0 saturated carbocycles. The highest BCUT2D eigenvalue weighted by Gasteiger charge is 2.41. The van der Waals surface area contributed by atoms with Crippen LogP contribution < -0.4 is 15.3 Å². The lowest BCUT2D eigenvalue weighted by Crippen LogP contribution is -2.54. The predicted molar refractivity (Wildman–Crippen MR) is 181 cm³/mol. The lowest BCUT2D eigenvalue weighted by atomic mass is 9.99. The third kappa shape index (κ3) is 6.48. The van der Waals surface area contributed by atoms with E-state index in [1.165, 1.54) is 17.9 Å². The molecule has 1 atom stereocenters. The Bertz CT molecular complexity index is 2460. The molecule has 0 radical (unpaired) electrons. The van der Waals surface area contributed by atoms with E-state index in [4.69, 9.17) is 0 Å². The number of aromatic hydroxyl groups is 1. The third-order valence-corrected chi connectivity index (χ3v) is 11.0. The number of piperazine rings is 1. The average Bonchev–Trinajstić information content (AvgIpc) is 3.11. The van der Waals surface area contributed by atoms with Gasteiger partial charge in [-0.15, -0.1) is 0 Å². The molecule has 1 N–H and O–H groups in total. The van der Waals surface area contributed by atoms with Crippen LogP contribution in [0.1, 0.15) is 43.5 Å². The number of fused-ring (bicyclic) bond motifs is 1. The van der Waals surface area contributed by atoms with Crippen LogP contribution in [-0.4, -0.2) is 69.9 Å². The summed E-state index contributed by atoms with van der Waals surface area (Å²) < 4.78 is 135. The van der Waals surface area contributed by atoms with Gasteiger partial charge in [0, 0.05) is 37.6 Å². The van der Waals surface area contributed by atoms with Crippen molar-refractivity contribution in [2.45, 2.75) is 51.1 Å². The normalized spacial score (nSPS) is 15.4. The largest absolute Gasteiger partial charge is 0.507 e. The van der Waals surface area contributed by atoms with Gasteiger partial charge < -0.3 is 14.7 Å². The molecule has 0 amide bonds. The van der Waals surface area contributed by atoms with Gasteiger partial charge in [-0.3, -0.25) is 9.55 Å². The van der Waals surface area contributed by atoms with Gasteiger partial charge in [0.2, 0.25) is 28.5 Å². The zero-order valence-corrected chi connectivity index (χ0v) is 29.8. The number of aryl methyl sites for hydroxylation is 1. The van der Waals surface area contributed by atoms with Gasteiger partial charge in [0.05, 0.1) is 17.5 Å². The number of anilines is 1. The second kappa shape index (κ2) is 14.5. The first-order valence-electron chi connectivity index (χ1n) is 16.3. The zero-order valence-electron chi connectivity index (χ0n) is 29.0. The summed E-state index contributed by atoms with van der Waals surface area (Å²) in [7, 11) is -5.23. The molecule has 19 heteroatoms. The maximum atomic E-state index is 16.0. The number of alkyl halides is 1. The molecule has 4 heterocycles. The van der Waals surface area contributed by atoms with Gasteiger partial charge in [-0.25, -0.2) is 44.5 Å². The highest BCUT2D eigenvalue weighted by atomic mass is 32.2. The second-order valence-corrected chi connectivity index (χ2v) is 14.7. The topological polar surface area (TPSA) is 131 Å². The molecule has 54 heavy (non-hydrogen) atoms. The molecule has 0 spiro atoms. The summed E-state index contributed by atoms with van der Waals surface area (Å²) in [6, 6.07) is 5.02. The van der Waals surface area contributed by atoms with E-state index in [0.29, 0.717) is 15.6 Å². The first kappa shape index (κ1) is 38.4. The molecule has 0 aliphatic carbocycles. The van der Waals surface area contributed by atoms with E-state index in [1.807, 2.05) is 13.8 Å². The van der Waals surface area contributed by atoms with Crippen LogP contribution in [0.5, 0.6) is 11.5 Å². The number of pyridine rings is 2. The van der Waals surface area contributed by atoms with Crippen molar-refractivity contribution in [2.24, 2.45) is 0 Å². The van der Waals surface area contributed by atoms with Gasteiger partial charge in [0.25, 0.3) is 0 Å². The molecular weight excluding hydrogens is 749 g/mol. The molecule has 0 bridgehead atoms. The Balaban J connectivity index is 1.49.